The molecule has 17 heavy (non-hydrogen) atoms. The Morgan fingerprint density at radius 1 is 1.35 bits per heavy atom. The first-order valence-corrected chi connectivity index (χ1v) is 7.86. The molecule has 1 aliphatic rings. The Balaban J connectivity index is 2.19. The molecule has 0 amide bonds. The summed E-state index contributed by atoms with van der Waals surface area (Å²) in [6.45, 7) is 10.9. The highest BCUT2D eigenvalue weighted by atomic mass is 32.2. The van der Waals surface area contributed by atoms with Crippen LogP contribution in [0.2, 0.25) is 0 Å². The number of aromatic nitrogens is 1. The Morgan fingerprint density at radius 2 is 1.94 bits per heavy atom. The van der Waals surface area contributed by atoms with Gasteiger partial charge in [0.2, 0.25) is 0 Å². The molecule has 1 aromatic heterocycles. The smallest absolute Gasteiger partial charge is 0.185 e. The highest BCUT2D eigenvalue weighted by Crippen LogP contribution is 2.34. The van der Waals surface area contributed by atoms with Gasteiger partial charge in [-0.1, -0.05) is 13.8 Å². The number of thiazole rings is 1. The number of thioether (sulfide) groups is 1. The normalized spacial score (nSPS) is 27.2. The Bertz CT molecular complexity index is 379. The van der Waals surface area contributed by atoms with E-state index in [1.807, 2.05) is 6.92 Å². The molecule has 0 aliphatic carbocycles. The van der Waals surface area contributed by atoms with Gasteiger partial charge < -0.3 is 10.6 Å². The van der Waals surface area contributed by atoms with Gasteiger partial charge in [-0.25, -0.2) is 4.98 Å². The fourth-order valence-corrected chi connectivity index (χ4v) is 4.65. The second-order valence-electron chi connectivity index (χ2n) is 4.90. The van der Waals surface area contributed by atoms with Crippen LogP contribution in [0.15, 0.2) is 0 Å². The van der Waals surface area contributed by atoms with E-state index >= 15 is 0 Å². The maximum Gasteiger partial charge on any atom is 0.185 e. The quantitative estimate of drug-likeness (QED) is 0.898. The van der Waals surface area contributed by atoms with Crippen LogP contribution in [0.4, 0.5) is 5.13 Å². The number of hydrogen-bond donors (Lipinski definition) is 1. The zero-order valence-electron chi connectivity index (χ0n) is 10.9. The molecule has 2 heterocycles. The minimum atomic E-state index is 0.0928. The first-order chi connectivity index (χ1) is 7.97. The van der Waals surface area contributed by atoms with Crippen molar-refractivity contribution in [2.24, 2.45) is 5.73 Å². The predicted molar refractivity (Wildman–Crippen MR) is 78.2 cm³/mol. The van der Waals surface area contributed by atoms with Gasteiger partial charge >= 0.3 is 0 Å². The third kappa shape index (κ3) is 2.95. The molecule has 96 valence electrons. The van der Waals surface area contributed by atoms with Crippen molar-refractivity contribution < 1.29 is 0 Å². The van der Waals surface area contributed by atoms with Gasteiger partial charge in [0.25, 0.3) is 0 Å². The van der Waals surface area contributed by atoms with E-state index in [0.29, 0.717) is 10.5 Å². The Labute approximate surface area is 112 Å². The lowest BCUT2D eigenvalue weighted by Crippen LogP contribution is -2.40. The molecule has 3 nitrogen and oxygen atoms in total. The van der Waals surface area contributed by atoms with E-state index in [1.165, 1.54) is 4.88 Å². The van der Waals surface area contributed by atoms with Crippen LogP contribution in [0.5, 0.6) is 0 Å². The minimum Gasteiger partial charge on any atom is -0.346 e. The van der Waals surface area contributed by atoms with Crippen molar-refractivity contribution >= 4 is 28.2 Å². The molecular formula is C12H21N3S2. The van der Waals surface area contributed by atoms with Gasteiger partial charge in [-0.15, -0.1) is 11.3 Å². The number of rotatable bonds is 2. The van der Waals surface area contributed by atoms with E-state index in [2.05, 4.69) is 42.4 Å². The van der Waals surface area contributed by atoms with Crippen LogP contribution in [0.25, 0.3) is 0 Å². The molecule has 3 unspecified atom stereocenters. The number of hydrogen-bond acceptors (Lipinski definition) is 5. The van der Waals surface area contributed by atoms with Gasteiger partial charge in [-0.2, -0.15) is 11.8 Å². The van der Waals surface area contributed by atoms with Crippen molar-refractivity contribution in [1.29, 1.82) is 0 Å². The highest BCUT2D eigenvalue weighted by molar-refractivity contribution is 8.00. The van der Waals surface area contributed by atoms with Crippen molar-refractivity contribution in [3.8, 4) is 0 Å². The van der Waals surface area contributed by atoms with Crippen LogP contribution in [-0.4, -0.2) is 28.6 Å². The minimum absolute atomic E-state index is 0.0928. The van der Waals surface area contributed by atoms with Crippen molar-refractivity contribution in [2.45, 2.75) is 44.2 Å². The second-order valence-corrected chi connectivity index (χ2v) is 7.79. The second kappa shape index (κ2) is 5.16. The SMILES string of the molecule is Cc1nc(N2CC(C)SC(C)C2)sc1C(C)N. The summed E-state index contributed by atoms with van der Waals surface area (Å²) in [5, 5.41) is 2.51. The van der Waals surface area contributed by atoms with Gasteiger partial charge in [0, 0.05) is 34.5 Å². The van der Waals surface area contributed by atoms with Crippen molar-refractivity contribution in [3.63, 3.8) is 0 Å². The van der Waals surface area contributed by atoms with E-state index in [1.54, 1.807) is 11.3 Å². The van der Waals surface area contributed by atoms with Gasteiger partial charge in [0.15, 0.2) is 5.13 Å². The first kappa shape index (κ1) is 13.2. The molecule has 0 spiro atoms. The Hall–Kier alpha value is -0.260. The molecule has 1 aliphatic heterocycles. The summed E-state index contributed by atoms with van der Waals surface area (Å²) < 4.78 is 0. The van der Waals surface area contributed by atoms with Crippen LogP contribution in [-0.2, 0) is 0 Å². The summed E-state index contributed by atoms with van der Waals surface area (Å²) in [6.07, 6.45) is 0. The molecule has 0 radical (unpaired) electrons. The number of nitrogens with two attached hydrogens (primary N) is 1. The summed E-state index contributed by atoms with van der Waals surface area (Å²) in [4.78, 5) is 8.31. The van der Waals surface area contributed by atoms with Crippen LogP contribution in [0.3, 0.4) is 0 Å². The lowest BCUT2D eigenvalue weighted by molar-refractivity contribution is 0.724. The van der Waals surface area contributed by atoms with E-state index in [4.69, 9.17) is 5.73 Å². The summed E-state index contributed by atoms with van der Waals surface area (Å²) in [7, 11) is 0. The molecule has 1 saturated heterocycles. The van der Waals surface area contributed by atoms with E-state index in [0.717, 1.165) is 23.9 Å². The molecule has 2 N–H and O–H groups in total. The third-order valence-electron chi connectivity index (χ3n) is 2.92. The van der Waals surface area contributed by atoms with Crippen molar-refractivity contribution in [2.75, 3.05) is 18.0 Å². The van der Waals surface area contributed by atoms with E-state index in [9.17, 15) is 0 Å². The Morgan fingerprint density at radius 3 is 2.41 bits per heavy atom. The van der Waals surface area contributed by atoms with Gasteiger partial charge in [-0.3, -0.25) is 0 Å². The third-order valence-corrected chi connectivity index (χ3v) is 5.57. The monoisotopic (exact) mass is 271 g/mol. The summed E-state index contributed by atoms with van der Waals surface area (Å²) in [6, 6.07) is 0.0928. The van der Waals surface area contributed by atoms with Crippen LogP contribution >= 0.6 is 23.1 Å². The summed E-state index contributed by atoms with van der Waals surface area (Å²) in [5.41, 5.74) is 7.06. The fraction of sp³-hybridized carbons (Fsp3) is 0.750. The first-order valence-electron chi connectivity index (χ1n) is 6.10. The molecule has 0 bridgehead atoms. The standard InChI is InChI=1S/C12H21N3S2/c1-7-5-15(6-8(2)16-7)12-14-10(4)11(17-12)9(3)13/h7-9H,5-6,13H2,1-4H3. The molecule has 1 aromatic rings. The van der Waals surface area contributed by atoms with Gasteiger partial charge in [-0.05, 0) is 13.8 Å². The lowest BCUT2D eigenvalue weighted by atomic mass is 10.2. The highest BCUT2D eigenvalue weighted by Gasteiger charge is 2.25. The zero-order chi connectivity index (χ0) is 12.6. The average molecular weight is 271 g/mol. The molecule has 2 rings (SSSR count). The van der Waals surface area contributed by atoms with Crippen molar-refractivity contribution in [3.05, 3.63) is 10.6 Å². The maximum atomic E-state index is 5.96. The molecule has 0 saturated carbocycles. The lowest BCUT2D eigenvalue weighted by Gasteiger charge is -2.34. The van der Waals surface area contributed by atoms with E-state index < -0.39 is 0 Å². The van der Waals surface area contributed by atoms with Crippen LogP contribution in [0, 0.1) is 6.92 Å². The average Bonchev–Trinajstić information content (AvgIpc) is 2.59. The summed E-state index contributed by atoms with van der Waals surface area (Å²) in [5.74, 6) is 0. The summed E-state index contributed by atoms with van der Waals surface area (Å²) >= 11 is 3.83. The largest absolute Gasteiger partial charge is 0.346 e. The van der Waals surface area contributed by atoms with Crippen LogP contribution in [0.1, 0.15) is 37.4 Å². The molecule has 1 fully saturated rings. The number of anilines is 1. The predicted octanol–water partition coefficient (Wildman–Crippen LogP) is 2.80. The maximum absolute atomic E-state index is 5.96. The van der Waals surface area contributed by atoms with Crippen molar-refractivity contribution in [1.82, 2.24) is 4.98 Å². The van der Waals surface area contributed by atoms with E-state index in [-0.39, 0.29) is 6.04 Å². The Kier molecular flexibility index (Phi) is 4.00. The molecule has 0 aromatic carbocycles. The molecular weight excluding hydrogens is 250 g/mol. The van der Waals surface area contributed by atoms with Gasteiger partial charge in [0.05, 0.1) is 5.69 Å². The van der Waals surface area contributed by atoms with Crippen LogP contribution < -0.4 is 10.6 Å². The number of aryl methyl sites for hydroxylation is 1. The zero-order valence-corrected chi connectivity index (χ0v) is 12.6. The van der Waals surface area contributed by atoms with Gasteiger partial charge in [0.1, 0.15) is 0 Å². The number of nitrogens with zero attached hydrogens (tertiary/aromatic N) is 2. The molecule has 5 heteroatoms. The fourth-order valence-electron chi connectivity index (χ4n) is 2.29. The molecule has 3 atom stereocenters. The topological polar surface area (TPSA) is 42.2 Å².